The van der Waals surface area contributed by atoms with Gasteiger partial charge < -0.3 is 10.1 Å². The van der Waals surface area contributed by atoms with Crippen LogP contribution >= 0.6 is 0 Å². The quantitative estimate of drug-likeness (QED) is 0.573. The van der Waals surface area contributed by atoms with E-state index in [2.05, 4.69) is 14.9 Å². The van der Waals surface area contributed by atoms with Crippen molar-refractivity contribution in [1.29, 1.82) is 0 Å². The normalized spacial score (nSPS) is 14.6. The van der Waals surface area contributed by atoms with Crippen LogP contribution in [0.1, 0.15) is 15.9 Å². The molecule has 0 atom stereocenters. The minimum atomic E-state index is -3.73. The van der Waals surface area contributed by atoms with Crippen molar-refractivity contribution < 1.29 is 17.9 Å². The van der Waals surface area contributed by atoms with Crippen LogP contribution in [0.2, 0.25) is 0 Å². The maximum Gasteiger partial charge on any atom is 0.261 e. The van der Waals surface area contributed by atoms with E-state index in [1.807, 2.05) is 24.3 Å². The summed E-state index contributed by atoms with van der Waals surface area (Å²) in [6.07, 6.45) is 0. The smallest absolute Gasteiger partial charge is 0.261 e. The second kappa shape index (κ2) is 9.95. The summed E-state index contributed by atoms with van der Waals surface area (Å²) in [6.45, 7) is 4.05. The van der Waals surface area contributed by atoms with E-state index in [-0.39, 0.29) is 10.8 Å². The van der Waals surface area contributed by atoms with Crippen molar-refractivity contribution in [3.63, 3.8) is 0 Å². The molecule has 0 unspecified atom stereocenters. The van der Waals surface area contributed by atoms with Gasteiger partial charge in [-0.15, -0.1) is 0 Å². The molecule has 1 aliphatic heterocycles. The van der Waals surface area contributed by atoms with Crippen molar-refractivity contribution in [2.24, 2.45) is 0 Å². The lowest BCUT2D eigenvalue weighted by Crippen LogP contribution is -2.35. The molecule has 0 saturated carbocycles. The Hall–Kier alpha value is -3.20. The fourth-order valence-electron chi connectivity index (χ4n) is 3.51. The van der Waals surface area contributed by atoms with Crippen LogP contribution < -0.4 is 10.0 Å². The van der Waals surface area contributed by atoms with Gasteiger partial charge in [0.25, 0.3) is 15.9 Å². The van der Waals surface area contributed by atoms with Crippen LogP contribution in [-0.4, -0.2) is 45.5 Å². The van der Waals surface area contributed by atoms with E-state index in [9.17, 15) is 13.2 Å². The third kappa shape index (κ3) is 5.73. The summed E-state index contributed by atoms with van der Waals surface area (Å²) in [5.41, 5.74) is 2.48. The molecule has 166 valence electrons. The number of rotatable bonds is 7. The SMILES string of the molecule is O=C(Nc1cccc(CN2CCOCC2)c1)c1cccc(NS(=O)(=O)c2ccccc2)c1. The monoisotopic (exact) mass is 451 g/mol. The largest absolute Gasteiger partial charge is 0.379 e. The molecule has 7 nitrogen and oxygen atoms in total. The number of carbonyl (C=O) groups excluding carboxylic acids is 1. The van der Waals surface area contributed by atoms with Gasteiger partial charge in [0.1, 0.15) is 0 Å². The number of anilines is 2. The number of nitrogens with zero attached hydrogens (tertiary/aromatic N) is 1. The molecule has 1 saturated heterocycles. The number of hydrogen-bond donors (Lipinski definition) is 2. The second-order valence-corrected chi connectivity index (χ2v) is 9.22. The molecular formula is C24H25N3O4S. The van der Waals surface area contributed by atoms with Crippen molar-refractivity contribution in [3.8, 4) is 0 Å². The fourth-order valence-corrected chi connectivity index (χ4v) is 4.58. The average molecular weight is 452 g/mol. The Balaban J connectivity index is 1.43. The molecule has 8 heteroatoms. The van der Waals surface area contributed by atoms with E-state index in [0.29, 0.717) is 16.9 Å². The summed E-state index contributed by atoms with van der Waals surface area (Å²) in [6, 6.07) is 22.3. The molecule has 1 fully saturated rings. The summed E-state index contributed by atoms with van der Waals surface area (Å²) in [4.78, 5) is 15.3. The van der Waals surface area contributed by atoms with Crippen molar-refractivity contribution in [2.45, 2.75) is 11.4 Å². The van der Waals surface area contributed by atoms with Crippen molar-refractivity contribution in [2.75, 3.05) is 36.3 Å². The Morgan fingerprint density at radius 3 is 2.38 bits per heavy atom. The number of morpholine rings is 1. The molecule has 3 aromatic rings. The van der Waals surface area contributed by atoms with Crippen LogP contribution in [0, 0.1) is 0 Å². The van der Waals surface area contributed by atoms with E-state index in [0.717, 1.165) is 38.4 Å². The first-order chi connectivity index (χ1) is 15.5. The third-order valence-electron chi connectivity index (χ3n) is 5.13. The van der Waals surface area contributed by atoms with Gasteiger partial charge in [0, 0.05) is 36.6 Å². The summed E-state index contributed by atoms with van der Waals surface area (Å²) < 4.78 is 33.0. The Kier molecular flexibility index (Phi) is 6.84. The molecule has 0 radical (unpaired) electrons. The van der Waals surface area contributed by atoms with Gasteiger partial charge in [0.2, 0.25) is 0 Å². The lowest BCUT2D eigenvalue weighted by atomic mass is 10.1. The Labute approximate surface area is 188 Å². The number of benzene rings is 3. The second-order valence-electron chi connectivity index (χ2n) is 7.54. The number of hydrogen-bond acceptors (Lipinski definition) is 5. The highest BCUT2D eigenvalue weighted by molar-refractivity contribution is 7.92. The van der Waals surface area contributed by atoms with Crippen LogP contribution in [0.5, 0.6) is 0 Å². The first kappa shape index (κ1) is 22.0. The molecule has 1 amide bonds. The van der Waals surface area contributed by atoms with Gasteiger partial charge in [-0.2, -0.15) is 0 Å². The lowest BCUT2D eigenvalue weighted by molar-refractivity contribution is 0.0342. The van der Waals surface area contributed by atoms with Crippen molar-refractivity contribution >= 4 is 27.3 Å². The van der Waals surface area contributed by atoms with Crippen LogP contribution in [0.25, 0.3) is 0 Å². The van der Waals surface area contributed by atoms with E-state index in [4.69, 9.17) is 4.74 Å². The van der Waals surface area contributed by atoms with E-state index in [1.165, 1.54) is 18.2 Å². The van der Waals surface area contributed by atoms with E-state index < -0.39 is 10.0 Å². The first-order valence-electron chi connectivity index (χ1n) is 10.4. The number of nitrogens with one attached hydrogen (secondary N) is 2. The van der Waals surface area contributed by atoms with Gasteiger partial charge in [-0.3, -0.25) is 14.4 Å². The number of amides is 1. The maximum absolute atomic E-state index is 12.8. The topological polar surface area (TPSA) is 87.7 Å². The summed E-state index contributed by atoms with van der Waals surface area (Å²) in [5.74, 6) is -0.311. The molecule has 1 heterocycles. The van der Waals surface area contributed by atoms with Gasteiger partial charge in [-0.05, 0) is 48.0 Å². The Morgan fingerprint density at radius 1 is 0.875 bits per heavy atom. The lowest BCUT2D eigenvalue weighted by Gasteiger charge is -2.26. The fraction of sp³-hybridized carbons (Fsp3) is 0.208. The molecule has 0 aromatic heterocycles. The first-order valence-corrected chi connectivity index (χ1v) is 11.9. The van der Waals surface area contributed by atoms with Gasteiger partial charge in [-0.25, -0.2) is 8.42 Å². The zero-order valence-corrected chi connectivity index (χ0v) is 18.3. The van der Waals surface area contributed by atoms with Gasteiger partial charge in [-0.1, -0.05) is 36.4 Å². The molecule has 0 aliphatic carbocycles. The maximum atomic E-state index is 12.8. The summed E-state index contributed by atoms with van der Waals surface area (Å²) in [7, 11) is -3.73. The van der Waals surface area contributed by atoms with Crippen LogP contribution in [-0.2, 0) is 21.3 Å². The standard InChI is InChI=1S/C24H25N3O4S/c28-24(25-21-8-4-6-19(16-21)18-27-12-14-31-15-13-27)20-7-5-9-22(17-20)26-32(29,30)23-10-2-1-3-11-23/h1-11,16-17,26H,12-15,18H2,(H,25,28). The Morgan fingerprint density at radius 2 is 1.59 bits per heavy atom. The highest BCUT2D eigenvalue weighted by Crippen LogP contribution is 2.19. The minimum absolute atomic E-state index is 0.159. The van der Waals surface area contributed by atoms with Gasteiger partial charge in [0.15, 0.2) is 0 Å². The molecule has 4 rings (SSSR count). The number of ether oxygens (including phenoxy) is 1. The van der Waals surface area contributed by atoms with Crippen LogP contribution in [0.15, 0.2) is 83.8 Å². The van der Waals surface area contributed by atoms with E-state index in [1.54, 1.807) is 36.4 Å². The molecule has 0 bridgehead atoms. The van der Waals surface area contributed by atoms with Crippen LogP contribution in [0.3, 0.4) is 0 Å². The Bertz CT molecular complexity index is 1180. The molecule has 2 N–H and O–H groups in total. The molecular weight excluding hydrogens is 426 g/mol. The van der Waals surface area contributed by atoms with Crippen molar-refractivity contribution in [1.82, 2.24) is 4.90 Å². The number of carbonyl (C=O) groups is 1. The highest BCUT2D eigenvalue weighted by Gasteiger charge is 2.15. The van der Waals surface area contributed by atoms with Gasteiger partial charge >= 0.3 is 0 Å². The minimum Gasteiger partial charge on any atom is -0.379 e. The average Bonchev–Trinajstić information content (AvgIpc) is 2.80. The number of sulfonamides is 1. The predicted molar refractivity (Wildman–Crippen MR) is 124 cm³/mol. The predicted octanol–water partition coefficient (Wildman–Crippen LogP) is 3.57. The zero-order chi connectivity index (χ0) is 22.4. The van der Waals surface area contributed by atoms with E-state index >= 15 is 0 Å². The molecule has 3 aromatic carbocycles. The molecule has 0 spiro atoms. The zero-order valence-electron chi connectivity index (χ0n) is 17.5. The highest BCUT2D eigenvalue weighted by atomic mass is 32.2. The summed E-state index contributed by atoms with van der Waals surface area (Å²) >= 11 is 0. The van der Waals surface area contributed by atoms with Crippen LogP contribution in [0.4, 0.5) is 11.4 Å². The van der Waals surface area contributed by atoms with Crippen molar-refractivity contribution in [3.05, 3.63) is 90.0 Å². The molecule has 32 heavy (non-hydrogen) atoms. The summed E-state index contributed by atoms with van der Waals surface area (Å²) in [5, 5.41) is 2.90. The van der Waals surface area contributed by atoms with Gasteiger partial charge in [0.05, 0.1) is 18.1 Å². The third-order valence-corrected chi connectivity index (χ3v) is 6.52. The molecule has 1 aliphatic rings.